The van der Waals surface area contributed by atoms with Crippen molar-refractivity contribution in [2.75, 3.05) is 5.32 Å². The first kappa shape index (κ1) is 20.1. The summed E-state index contributed by atoms with van der Waals surface area (Å²) < 4.78 is 0. The number of hydrogen-bond donors (Lipinski definition) is 2. The van der Waals surface area contributed by atoms with E-state index in [1.54, 1.807) is 35.6 Å². The van der Waals surface area contributed by atoms with Gasteiger partial charge in [-0.25, -0.2) is 9.97 Å². The van der Waals surface area contributed by atoms with E-state index in [0.717, 1.165) is 20.8 Å². The standard InChI is InChI=1S/C22H18N4O2S2/c1-13(21(28)24-15-10-8-14(9-11-15)19(23)27)30-22-16-5-2-3-6-17(16)25-20(26-22)18-7-4-12-29-18/h2-13H,1H3,(H2,23,27)(H,24,28). The Kier molecular flexibility index (Phi) is 5.78. The number of thiophene rings is 1. The van der Waals surface area contributed by atoms with Crippen LogP contribution in [0.25, 0.3) is 21.6 Å². The van der Waals surface area contributed by atoms with Crippen LogP contribution in [-0.2, 0) is 4.79 Å². The van der Waals surface area contributed by atoms with Crippen molar-refractivity contribution >= 4 is 51.5 Å². The average Bonchev–Trinajstić information content (AvgIpc) is 3.29. The number of fused-ring (bicyclic) bond motifs is 1. The van der Waals surface area contributed by atoms with E-state index in [4.69, 9.17) is 10.7 Å². The third-order valence-electron chi connectivity index (χ3n) is 4.40. The number of nitrogens with one attached hydrogen (secondary N) is 1. The van der Waals surface area contributed by atoms with Gasteiger partial charge >= 0.3 is 0 Å². The molecule has 1 unspecified atom stereocenters. The van der Waals surface area contributed by atoms with Gasteiger partial charge in [0.2, 0.25) is 11.8 Å². The topological polar surface area (TPSA) is 98.0 Å². The molecule has 150 valence electrons. The van der Waals surface area contributed by atoms with E-state index in [1.165, 1.54) is 11.8 Å². The molecule has 6 nitrogen and oxygen atoms in total. The number of hydrogen-bond acceptors (Lipinski definition) is 6. The molecule has 0 fully saturated rings. The monoisotopic (exact) mass is 434 g/mol. The third kappa shape index (κ3) is 4.34. The normalized spacial score (nSPS) is 11.9. The fraction of sp³-hybridized carbons (Fsp3) is 0.0909. The summed E-state index contributed by atoms with van der Waals surface area (Å²) in [6.45, 7) is 1.83. The Labute approximate surface area is 181 Å². The maximum atomic E-state index is 12.7. The van der Waals surface area contributed by atoms with Crippen LogP contribution in [0.2, 0.25) is 0 Å². The van der Waals surface area contributed by atoms with Gasteiger partial charge in [-0.05, 0) is 48.7 Å². The molecule has 0 saturated heterocycles. The number of nitrogens with two attached hydrogens (primary N) is 1. The summed E-state index contributed by atoms with van der Waals surface area (Å²) in [5.41, 5.74) is 7.09. The number of primary amides is 1. The molecule has 4 aromatic rings. The van der Waals surface area contributed by atoms with Crippen molar-refractivity contribution in [3.63, 3.8) is 0 Å². The zero-order chi connectivity index (χ0) is 21.1. The van der Waals surface area contributed by atoms with Gasteiger partial charge in [0.25, 0.3) is 0 Å². The Morgan fingerprint density at radius 3 is 2.50 bits per heavy atom. The van der Waals surface area contributed by atoms with Crippen LogP contribution in [0, 0.1) is 0 Å². The Bertz CT molecular complexity index is 1210. The smallest absolute Gasteiger partial charge is 0.248 e. The van der Waals surface area contributed by atoms with Crippen LogP contribution in [0.4, 0.5) is 5.69 Å². The molecule has 0 radical (unpaired) electrons. The van der Waals surface area contributed by atoms with Gasteiger partial charge in [-0.15, -0.1) is 11.3 Å². The molecule has 4 rings (SSSR count). The molecule has 1 atom stereocenters. The zero-order valence-corrected chi connectivity index (χ0v) is 17.7. The highest BCUT2D eigenvalue weighted by Crippen LogP contribution is 2.32. The largest absolute Gasteiger partial charge is 0.366 e. The Morgan fingerprint density at radius 1 is 1.03 bits per heavy atom. The maximum absolute atomic E-state index is 12.7. The van der Waals surface area contributed by atoms with Crippen molar-refractivity contribution in [1.82, 2.24) is 9.97 Å². The second-order valence-corrected chi connectivity index (χ2v) is 8.81. The zero-order valence-electron chi connectivity index (χ0n) is 16.0. The van der Waals surface area contributed by atoms with Gasteiger partial charge in [0, 0.05) is 16.6 Å². The van der Waals surface area contributed by atoms with Crippen molar-refractivity contribution in [2.45, 2.75) is 17.2 Å². The molecule has 0 saturated carbocycles. The molecule has 30 heavy (non-hydrogen) atoms. The number of rotatable bonds is 6. The molecule has 3 N–H and O–H groups in total. The van der Waals surface area contributed by atoms with E-state index in [9.17, 15) is 9.59 Å². The SMILES string of the molecule is CC(Sc1nc(-c2cccs2)nc2ccccc12)C(=O)Nc1ccc(C(N)=O)cc1. The van der Waals surface area contributed by atoms with Gasteiger partial charge in [-0.2, -0.15) is 0 Å². The molecule has 2 aromatic heterocycles. The van der Waals surface area contributed by atoms with Gasteiger partial charge in [0.1, 0.15) is 5.03 Å². The highest BCUT2D eigenvalue weighted by atomic mass is 32.2. The van der Waals surface area contributed by atoms with Gasteiger partial charge < -0.3 is 11.1 Å². The quantitative estimate of drug-likeness (QED) is 0.342. The maximum Gasteiger partial charge on any atom is 0.248 e. The van der Waals surface area contributed by atoms with E-state index < -0.39 is 11.2 Å². The minimum Gasteiger partial charge on any atom is -0.366 e. The lowest BCUT2D eigenvalue weighted by Gasteiger charge is -2.14. The number of para-hydroxylation sites is 1. The number of benzene rings is 2. The molecule has 0 spiro atoms. The summed E-state index contributed by atoms with van der Waals surface area (Å²) in [7, 11) is 0. The number of carbonyl (C=O) groups excluding carboxylic acids is 2. The molecule has 8 heteroatoms. The fourth-order valence-corrected chi connectivity index (χ4v) is 4.43. The first-order chi connectivity index (χ1) is 14.5. The Morgan fingerprint density at radius 2 is 1.80 bits per heavy atom. The third-order valence-corrected chi connectivity index (χ3v) is 6.37. The molecular formula is C22H18N4O2S2. The van der Waals surface area contributed by atoms with Gasteiger partial charge in [0.05, 0.1) is 15.6 Å². The minimum atomic E-state index is -0.506. The predicted molar refractivity (Wildman–Crippen MR) is 122 cm³/mol. The summed E-state index contributed by atoms with van der Waals surface area (Å²) in [5.74, 6) is -0.0120. The first-order valence-corrected chi connectivity index (χ1v) is 11.0. The van der Waals surface area contributed by atoms with Crippen LogP contribution in [0.3, 0.4) is 0 Å². The first-order valence-electron chi connectivity index (χ1n) is 9.19. The fourth-order valence-electron chi connectivity index (χ4n) is 2.84. The Balaban J connectivity index is 1.56. The van der Waals surface area contributed by atoms with Gasteiger partial charge in [0.15, 0.2) is 5.82 Å². The van der Waals surface area contributed by atoms with Crippen LogP contribution in [0.15, 0.2) is 71.1 Å². The van der Waals surface area contributed by atoms with Crippen LogP contribution < -0.4 is 11.1 Å². The van der Waals surface area contributed by atoms with Crippen molar-refractivity contribution in [2.24, 2.45) is 5.73 Å². The van der Waals surface area contributed by atoms with E-state index in [1.807, 2.05) is 48.7 Å². The summed E-state index contributed by atoms with van der Waals surface area (Å²) in [5, 5.41) is 6.13. The number of amides is 2. The molecule has 0 aliphatic heterocycles. The summed E-state index contributed by atoms with van der Waals surface area (Å²) in [6.07, 6.45) is 0. The minimum absolute atomic E-state index is 0.160. The van der Waals surface area contributed by atoms with E-state index in [0.29, 0.717) is 17.1 Å². The average molecular weight is 435 g/mol. The summed E-state index contributed by atoms with van der Waals surface area (Å²) in [6, 6.07) is 18.2. The van der Waals surface area contributed by atoms with Crippen molar-refractivity contribution in [3.8, 4) is 10.7 Å². The van der Waals surface area contributed by atoms with Crippen LogP contribution >= 0.6 is 23.1 Å². The predicted octanol–water partition coefficient (Wildman–Crippen LogP) is 4.58. The molecule has 0 aliphatic carbocycles. The van der Waals surface area contributed by atoms with Gasteiger partial charge in [-0.1, -0.05) is 36.0 Å². The van der Waals surface area contributed by atoms with E-state index >= 15 is 0 Å². The molecule has 2 aromatic carbocycles. The van der Waals surface area contributed by atoms with Crippen LogP contribution in [0.1, 0.15) is 17.3 Å². The molecule has 0 aliphatic rings. The molecular weight excluding hydrogens is 416 g/mol. The number of carbonyl (C=O) groups is 2. The molecule has 2 heterocycles. The second kappa shape index (κ2) is 8.64. The van der Waals surface area contributed by atoms with E-state index in [2.05, 4.69) is 10.3 Å². The number of thioether (sulfide) groups is 1. The van der Waals surface area contributed by atoms with Crippen molar-refractivity contribution in [1.29, 1.82) is 0 Å². The highest BCUT2D eigenvalue weighted by molar-refractivity contribution is 8.00. The lowest BCUT2D eigenvalue weighted by Crippen LogP contribution is -2.22. The van der Waals surface area contributed by atoms with Gasteiger partial charge in [-0.3, -0.25) is 9.59 Å². The number of aromatic nitrogens is 2. The number of anilines is 1. The van der Waals surface area contributed by atoms with Crippen molar-refractivity contribution in [3.05, 3.63) is 71.6 Å². The van der Waals surface area contributed by atoms with Crippen LogP contribution in [-0.4, -0.2) is 27.0 Å². The van der Waals surface area contributed by atoms with Crippen LogP contribution in [0.5, 0.6) is 0 Å². The Hall–Kier alpha value is -3.23. The lowest BCUT2D eigenvalue weighted by atomic mass is 10.2. The highest BCUT2D eigenvalue weighted by Gasteiger charge is 2.19. The summed E-state index contributed by atoms with van der Waals surface area (Å²) in [4.78, 5) is 34.3. The van der Waals surface area contributed by atoms with E-state index in [-0.39, 0.29) is 5.91 Å². The summed E-state index contributed by atoms with van der Waals surface area (Å²) >= 11 is 2.96. The molecule has 0 bridgehead atoms. The second-order valence-electron chi connectivity index (χ2n) is 6.54. The lowest BCUT2D eigenvalue weighted by molar-refractivity contribution is -0.115. The number of nitrogens with zero attached hydrogens (tertiary/aromatic N) is 2. The molecule has 2 amide bonds. The van der Waals surface area contributed by atoms with Crippen molar-refractivity contribution < 1.29 is 9.59 Å².